The molecule has 0 aromatic heterocycles. The molecule has 2 aromatic carbocycles. The Kier molecular flexibility index (Phi) is 6.63. The summed E-state index contributed by atoms with van der Waals surface area (Å²) in [5.74, 6) is 0. The van der Waals surface area contributed by atoms with Crippen LogP contribution in [0.1, 0.15) is 11.1 Å². The third-order valence-electron chi connectivity index (χ3n) is 4.55. The van der Waals surface area contributed by atoms with Gasteiger partial charge in [0.1, 0.15) is 18.3 Å². The first-order valence-corrected chi connectivity index (χ1v) is 11.8. The zero-order chi connectivity index (χ0) is 22.1. The molecule has 0 bridgehead atoms. The third kappa shape index (κ3) is 5.06. The summed E-state index contributed by atoms with van der Waals surface area (Å²) in [5.41, 5.74) is 1.69. The molecule has 4 atom stereocenters. The lowest BCUT2D eigenvalue weighted by Gasteiger charge is -2.20. The van der Waals surface area contributed by atoms with Crippen molar-refractivity contribution in [1.82, 2.24) is 0 Å². The van der Waals surface area contributed by atoms with E-state index in [1.165, 1.54) is 24.3 Å². The standard InChI is InChI=1S/C19H22O9S2/c1-12-3-7-14(8-4-12)29(22,23)26-11-16-18(17(20)19(21)27-16)28-30(24,25)15-9-5-13(2)6-10-15/h3-10,16-21H,11H2,1-2H3/t16-,17-,18+,19+/m1/s1. The van der Waals surface area contributed by atoms with Crippen LogP contribution in [-0.2, 0) is 33.3 Å². The van der Waals surface area contributed by atoms with Gasteiger partial charge in [0.05, 0.1) is 16.4 Å². The van der Waals surface area contributed by atoms with Gasteiger partial charge in [-0.15, -0.1) is 0 Å². The van der Waals surface area contributed by atoms with Gasteiger partial charge < -0.3 is 14.9 Å². The molecule has 2 N–H and O–H groups in total. The van der Waals surface area contributed by atoms with E-state index in [9.17, 15) is 27.0 Å². The Hall–Kier alpha value is -1.86. The highest BCUT2D eigenvalue weighted by Crippen LogP contribution is 2.28. The van der Waals surface area contributed by atoms with Crippen LogP contribution in [0.15, 0.2) is 58.3 Å². The van der Waals surface area contributed by atoms with Crippen molar-refractivity contribution in [2.45, 2.75) is 48.2 Å². The van der Waals surface area contributed by atoms with E-state index in [-0.39, 0.29) is 9.79 Å². The molecule has 1 saturated heterocycles. The van der Waals surface area contributed by atoms with Crippen molar-refractivity contribution in [3.63, 3.8) is 0 Å². The Bertz CT molecular complexity index is 1080. The van der Waals surface area contributed by atoms with Gasteiger partial charge in [-0.3, -0.25) is 8.37 Å². The Morgan fingerprint density at radius 3 is 1.80 bits per heavy atom. The van der Waals surface area contributed by atoms with Crippen molar-refractivity contribution in [2.75, 3.05) is 6.61 Å². The van der Waals surface area contributed by atoms with E-state index in [1.54, 1.807) is 38.1 Å². The first-order valence-electron chi connectivity index (χ1n) is 8.97. The molecule has 30 heavy (non-hydrogen) atoms. The summed E-state index contributed by atoms with van der Waals surface area (Å²) < 4.78 is 64.8. The molecule has 0 unspecified atom stereocenters. The van der Waals surface area contributed by atoms with Gasteiger partial charge in [0, 0.05) is 0 Å². The molecule has 11 heteroatoms. The minimum absolute atomic E-state index is 0.100. The van der Waals surface area contributed by atoms with Crippen LogP contribution in [0.25, 0.3) is 0 Å². The Morgan fingerprint density at radius 1 is 0.833 bits per heavy atom. The SMILES string of the molecule is Cc1ccc(S(=O)(=O)OC[C@H]2O[C@H](O)[C@H](O)[C@H]2OS(=O)(=O)c2ccc(C)cc2)cc1. The normalized spacial score (nSPS) is 24.8. The van der Waals surface area contributed by atoms with E-state index in [1.807, 2.05) is 0 Å². The van der Waals surface area contributed by atoms with E-state index in [4.69, 9.17) is 13.1 Å². The number of benzene rings is 2. The molecule has 164 valence electrons. The third-order valence-corrected chi connectivity index (χ3v) is 7.17. The van der Waals surface area contributed by atoms with Crippen molar-refractivity contribution in [3.8, 4) is 0 Å². The minimum Gasteiger partial charge on any atom is -0.385 e. The number of aryl methyl sites for hydroxylation is 2. The highest BCUT2D eigenvalue weighted by Gasteiger charge is 2.47. The number of hydrogen-bond donors (Lipinski definition) is 2. The lowest BCUT2D eigenvalue weighted by Crippen LogP contribution is -2.39. The number of aliphatic hydroxyl groups excluding tert-OH is 2. The van der Waals surface area contributed by atoms with Crippen LogP contribution in [0, 0.1) is 13.8 Å². The Labute approximate surface area is 175 Å². The van der Waals surface area contributed by atoms with Crippen LogP contribution in [0.3, 0.4) is 0 Å². The molecule has 0 aliphatic carbocycles. The fourth-order valence-electron chi connectivity index (χ4n) is 2.81. The average Bonchev–Trinajstić information content (AvgIpc) is 2.94. The molecule has 9 nitrogen and oxygen atoms in total. The van der Waals surface area contributed by atoms with Gasteiger partial charge >= 0.3 is 0 Å². The fraction of sp³-hybridized carbons (Fsp3) is 0.368. The average molecular weight is 459 g/mol. The van der Waals surface area contributed by atoms with Crippen LogP contribution in [0.2, 0.25) is 0 Å². The van der Waals surface area contributed by atoms with Crippen molar-refractivity contribution in [2.24, 2.45) is 0 Å². The van der Waals surface area contributed by atoms with Crippen molar-refractivity contribution in [1.29, 1.82) is 0 Å². The van der Waals surface area contributed by atoms with E-state index >= 15 is 0 Å². The largest absolute Gasteiger partial charge is 0.385 e. The zero-order valence-electron chi connectivity index (χ0n) is 16.2. The van der Waals surface area contributed by atoms with Gasteiger partial charge in [0.15, 0.2) is 6.29 Å². The number of aliphatic hydroxyl groups is 2. The smallest absolute Gasteiger partial charge is 0.297 e. The van der Waals surface area contributed by atoms with Gasteiger partial charge in [-0.2, -0.15) is 16.8 Å². The molecule has 0 saturated carbocycles. The summed E-state index contributed by atoms with van der Waals surface area (Å²) >= 11 is 0. The van der Waals surface area contributed by atoms with E-state index in [0.29, 0.717) is 0 Å². The first kappa shape index (κ1) is 22.8. The topological polar surface area (TPSA) is 136 Å². The second kappa shape index (κ2) is 8.71. The summed E-state index contributed by atoms with van der Waals surface area (Å²) in [7, 11) is -8.49. The minimum atomic E-state index is -4.32. The summed E-state index contributed by atoms with van der Waals surface area (Å²) in [4.78, 5) is -0.259. The van der Waals surface area contributed by atoms with Crippen LogP contribution >= 0.6 is 0 Å². The second-order valence-corrected chi connectivity index (χ2v) is 10.1. The summed E-state index contributed by atoms with van der Waals surface area (Å²) in [6.45, 7) is 2.91. The van der Waals surface area contributed by atoms with Gasteiger partial charge in [-0.1, -0.05) is 35.4 Å². The van der Waals surface area contributed by atoms with Crippen LogP contribution < -0.4 is 0 Å². The van der Waals surface area contributed by atoms with Gasteiger partial charge in [0.2, 0.25) is 0 Å². The van der Waals surface area contributed by atoms with Crippen LogP contribution in [0.4, 0.5) is 0 Å². The molecule has 0 radical (unpaired) electrons. The highest BCUT2D eigenvalue weighted by atomic mass is 32.2. The fourth-order valence-corrected chi connectivity index (χ4v) is 4.84. The van der Waals surface area contributed by atoms with Gasteiger partial charge in [0.25, 0.3) is 20.2 Å². The zero-order valence-corrected chi connectivity index (χ0v) is 17.8. The quantitative estimate of drug-likeness (QED) is 0.579. The summed E-state index contributed by atoms with van der Waals surface area (Å²) in [6.07, 6.45) is -6.41. The van der Waals surface area contributed by atoms with Crippen molar-refractivity contribution in [3.05, 3.63) is 59.7 Å². The first-order chi connectivity index (χ1) is 14.0. The van der Waals surface area contributed by atoms with E-state index in [2.05, 4.69) is 0 Å². The number of hydrogen-bond acceptors (Lipinski definition) is 9. The monoisotopic (exact) mass is 458 g/mol. The van der Waals surface area contributed by atoms with E-state index < -0.39 is 51.4 Å². The summed E-state index contributed by atoms with van der Waals surface area (Å²) in [5, 5.41) is 19.9. The molecule has 1 aliphatic rings. The Morgan fingerprint density at radius 2 is 1.30 bits per heavy atom. The molecular formula is C19H22O9S2. The molecule has 0 spiro atoms. The predicted octanol–water partition coefficient (Wildman–Crippen LogP) is 0.861. The molecule has 1 aliphatic heterocycles. The maximum absolute atomic E-state index is 12.5. The number of rotatable bonds is 7. The molecular weight excluding hydrogens is 436 g/mol. The maximum Gasteiger partial charge on any atom is 0.297 e. The van der Waals surface area contributed by atoms with Gasteiger partial charge in [-0.25, -0.2) is 0 Å². The molecule has 0 amide bonds. The predicted molar refractivity (Wildman–Crippen MR) is 104 cm³/mol. The van der Waals surface area contributed by atoms with Crippen LogP contribution in [-0.4, -0.2) is 58.3 Å². The number of ether oxygens (including phenoxy) is 1. The molecule has 2 aromatic rings. The highest BCUT2D eigenvalue weighted by molar-refractivity contribution is 7.87. The lowest BCUT2D eigenvalue weighted by molar-refractivity contribution is -0.131. The van der Waals surface area contributed by atoms with Crippen LogP contribution in [0.5, 0.6) is 0 Å². The lowest BCUT2D eigenvalue weighted by atomic mass is 10.1. The molecule has 1 heterocycles. The maximum atomic E-state index is 12.5. The molecule has 1 fully saturated rings. The Balaban J connectivity index is 1.75. The van der Waals surface area contributed by atoms with E-state index in [0.717, 1.165) is 11.1 Å². The second-order valence-electron chi connectivity index (χ2n) is 6.94. The summed E-state index contributed by atoms with van der Waals surface area (Å²) in [6, 6.07) is 11.7. The molecule has 3 rings (SSSR count). The van der Waals surface area contributed by atoms with Gasteiger partial charge in [-0.05, 0) is 38.1 Å². The van der Waals surface area contributed by atoms with Crippen molar-refractivity contribution < 1.29 is 40.2 Å². The van der Waals surface area contributed by atoms with Crippen molar-refractivity contribution >= 4 is 20.2 Å².